The van der Waals surface area contributed by atoms with Crippen LogP contribution in [0.1, 0.15) is 0 Å². The Kier molecular flexibility index (Phi) is 3.61. The number of hydrogen-bond donors (Lipinski definition) is 0. The van der Waals surface area contributed by atoms with E-state index in [0.29, 0.717) is 0 Å². The zero-order valence-electron chi connectivity index (χ0n) is 10.2. The zero-order valence-corrected chi connectivity index (χ0v) is 13.2. The molecule has 0 aliphatic rings. The highest BCUT2D eigenvalue weighted by Crippen LogP contribution is 2.27. The van der Waals surface area contributed by atoms with Crippen molar-refractivity contribution >= 4 is 23.3 Å². The van der Waals surface area contributed by atoms with Crippen molar-refractivity contribution in [2.24, 2.45) is 0 Å². The molecular formula is C9H26Si3. The van der Waals surface area contributed by atoms with Gasteiger partial charge in [0.1, 0.15) is 0 Å². The Balaban J connectivity index is 4.44. The average Bonchev–Trinajstić information content (AvgIpc) is 1.52. The van der Waals surface area contributed by atoms with Crippen molar-refractivity contribution in [1.82, 2.24) is 0 Å². The normalized spacial score (nSPS) is 15.0. The van der Waals surface area contributed by atoms with Crippen LogP contribution in [0.15, 0.2) is 0 Å². The van der Waals surface area contributed by atoms with Gasteiger partial charge in [-0.2, -0.15) is 0 Å². The Morgan fingerprint density at radius 2 is 1.00 bits per heavy atom. The van der Waals surface area contributed by atoms with Gasteiger partial charge in [-0.25, -0.2) is 0 Å². The Morgan fingerprint density at radius 1 is 0.667 bits per heavy atom. The second kappa shape index (κ2) is 3.42. The summed E-state index contributed by atoms with van der Waals surface area (Å²) in [4.78, 5) is 0. The second-order valence-corrected chi connectivity index (χ2v) is 30.2. The quantitative estimate of drug-likeness (QED) is 0.629. The van der Waals surface area contributed by atoms with Gasteiger partial charge in [0.2, 0.25) is 0 Å². The first-order valence-electron chi connectivity index (χ1n) is 4.96. The minimum atomic E-state index is -0.840. The molecule has 0 bridgehead atoms. The van der Waals surface area contributed by atoms with Crippen molar-refractivity contribution in [2.45, 2.75) is 58.0 Å². The largest absolute Gasteiger partial charge is 0.0715 e. The smallest absolute Gasteiger partial charge is 0.0414 e. The van der Waals surface area contributed by atoms with E-state index in [4.69, 9.17) is 0 Å². The van der Waals surface area contributed by atoms with E-state index < -0.39 is 23.3 Å². The summed E-state index contributed by atoms with van der Waals surface area (Å²) < 4.78 is 0. The monoisotopic (exact) mass is 218 g/mol. The summed E-state index contributed by atoms with van der Waals surface area (Å²) >= 11 is 0. The van der Waals surface area contributed by atoms with Gasteiger partial charge in [0.05, 0.1) is 0 Å². The maximum atomic E-state index is 2.61. The van der Waals surface area contributed by atoms with Gasteiger partial charge in [0.15, 0.2) is 0 Å². The predicted molar refractivity (Wildman–Crippen MR) is 69.0 cm³/mol. The van der Waals surface area contributed by atoms with Crippen molar-refractivity contribution < 1.29 is 0 Å². The van der Waals surface area contributed by atoms with Crippen LogP contribution in [0.3, 0.4) is 0 Å². The van der Waals surface area contributed by atoms with Crippen LogP contribution in [0.5, 0.6) is 0 Å². The fraction of sp³-hybridized carbons (Fsp3) is 1.00. The molecule has 12 heavy (non-hydrogen) atoms. The predicted octanol–water partition coefficient (Wildman–Crippen LogP) is 3.99. The lowest BCUT2D eigenvalue weighted by molar-refractivity contribution is 1.54. The van der Waals surface area contributed by atoms with E-state index in [1.807, 2.05) is 0 Å². The SMILES string of the molecule is C[Si](C)(C)C[Si](C)(C)[Si](C)(C)C. The number of rotatable bonds is 3. The van der Waals surface area contributed by atoms with E-state index in [1.54, 1.807) is 5.67 Å². The first kappa shape index (κ1) is 12.7. The molecule has 0 aromatic rings. The molecule has 0 amide bonds. The van der Waals surface area contributed by atoms with Crippen molar-refractivity contribution in [3.8, 4) is 0 Å². The van der Waals surface area contributed by atoms with Crippen molar-refractivity contribution in [1.29, 1.82) is 0 Å². The summed E-state index contributed by atoms with van der Waals surface area (Å²) in [6, 6.07) is 0. The summed E-state index contributed by atoms with van der Waals surface area (Å²) in [5.74, 6) is 0. The van der Waals surface area contributed by atoms with Gasteiger partial charge in [-0.1, -0.05) is 58.0 Å². The highest BCUT2D eigenvalue weighted by Gasteiger charge is 2.39. The van der Waals surface area contributed by atoms with E-state index in [2.05, 4.69) is 52.4 Å². The maximum absolute atomic E-state index is 2.61. The molecule has 0 atom stereocenters. The molecule has 0 radical (unpaired) electrons. The highest BCUT2D eigenvalue weighted by molar-refractivity contribution is 7.42. The molecule has 0 unspecified atom stereocenters. The average molecular weight is 219 g/mol. The van der Waals surface area contributed by atoms with Crippen molar-refractivity contribution in [3.05, 3.63) is 0 Å². The third kappa shape index (κ3) is 4.05. The molecule has 0 aromatic carbocycles. The van der Waals surface area contributed by atoms with Gasteiger partial charge >= 0.3 is 0 Å². The topological polar surface area (TPSA) is 0 Å². The van der Waals surface area contributed by atoms with Crippen LogP contribution in [-0.4, -0.2) is 23.3 Å². The third-order valence-corrected chi connectivity index (χ3v) is 28.6. The maximum Gasteiger partial charge on any atom is 0.0414 e. The summed E-state index contributed by atoms with van der Waals surface area (Å²) in [5.41, 5.74) is 1.62. The minimum absolute atomic E-state index is 0.806. The van der Waals surface area contributed by atoms with Crippen molar-refractivity contribution in [3.63, 3.8) is 0 Å². The first-order chi connectivity index (χ1) is 4.96. The molecule has 3 heteroatoms. The fourth-order valence-electron chi connectivity index (χ4n) is 1.59. The lowest BCUT2D eigenvalue weighted by atomic mass is 11.7. The van der Waals surface area contributed by atoms with Crippen LogP contribution in [0.25, 0.3) is 0 Å². The molecule has 0 N–H and O–H groups in total. The van der Waals surface area contributed by atoms with Crippen LogP contribution in [0.2, 0.25) is 58.0 Å². The lowest BCUT2D eigenvalue weighted by Gasteiger charge is -2.39. The summed E-state index contributed by atoms with van der Waals surface area (Å²) in [5, 5.41) is 0. The van der Waals surface area contributed by atoms with Crippen LogP contribution < -0.4 is 0 Å². The molecule has 0 aliphatic carbocycles. The van der Waals surface area contributed by atoms with Gasteiger partial charge in [-0.15, -0.1) is 0 Å². The van der Waals surface area contributed by atoms with E-state index in [1.165, 1.54) is 0 Å². The molecule has 0 aliphatic heterocycles. The lowest BCUT2D eigenvalue weighted by Crippen LogP contribution is -2.55. The molecule has 0 saturated carbocycles. The first-order valence-corrected chi connectivity index (χ1v) is 16.4. The molecule has 0 spiro atoms. The van der Waals surface area contributed by atoms with E-state index in [9.17, 15) is 0 Å². The van der Waals surface area contributed by atoms with Gasteiger partial charge in [-0.3, -0.25) is 0 Å². The highest BCUT2D eigenvalue weighted by atomic mass is 29.3. The molecule has 0 aromatic heterocycles. The van der Waals surface area contributed by atoms with Gasteiger partial charge < -0.3 is 0 Å². The molecule has 74 valence electrons. The fourth-order valence-corrected chi connectivity index (χ4v) is 23.9. The Labute approximate surface area is 81.6 Å². The molecule has 0 rings (SSSR count). The molecule has 0 heterocycles. The van der Waals surface area contributed by atoms with E-state index in [0.717, 1.165) is 0 Å². The summed E-state index contributed by atoms with van der Waals surface area (Å²) in [6.07, 6.45) is 0. The van der Waals surface area contributed by atoms with Crippen LogP contribution >= 0.6 is 0 Å². The standard InChI is InChI=1S/C9H26Si3/c1-10(2,3)9-12(7,8)11(4,5)6/h9H2,1-8H3. The van der Waals surface area contributed by atoms with Gasteiger partial charge in [0, 0.05) is 23.3 Å². The molecule has 0 nitrogen and oxygen atoms in total. The van der Waals surface area contributed by atoms with Crippen molar-refractivity contribution in [2.75, 3.05) is 0 Å². The summed E-state index contributed by atoms with van der Waals surface area (Å²) in [6.45, 7) is 20.4. The Hall–Kier alpha value is 0.651. The van der Waals surface area contributed by atoms with E-state index in [-0.39, 0.29) is 0 Å². The Morgan fingerprint density at radius 3 is 1.08 bits per heavy atom. The Bertz CT molecular complexity index is 148. The van der Waals surface area contributed by atoms with Crippen LogP contribution in [-0.2, 0) is 0 Å². The molecular weight excluding hydrogens is 192 g/mol. The molecule has 0 saturated heterocycles. The second-order valence-electron chi connectivity index (χ2n) is 6.87. The van der Waals surface area contributed by atoms with Gasteiger partial charge in [0.25, 0.3) is 0 Å². The summed E-state index contributed by atoms with van der Waals surface area (Å²) in [7, 11) is -2.47. The van der Waals surface area contributed by atoms with Crippen LogP contribution in [0, 0.1) is 0 Å². The van der Waals surface area contributed by atoms with Gasteiger partial charge in [-0.05, 0) is 0 Å². The number of hydrogen-bond acceptors (Lipinski definition) is 0. The zero-order chi connectivity index (χ0) is 10.2. The third-order valence-electron chi connectivity index (χ3n) is 3.00. The van der Waals surface area contributed by atoms with E-state index >= 15 is 0 Å². The molecule has 0 fully saturated rings. The minimum Gasteiger partial charge on any atom is -0.0715 e. The van der Waals surface area contributed by atoms with Crippen LogP contribution in [0.4, 0.5) is 0 Å².